The molecule has 0 radical (unpaired) electrons. The highest BCUT2D eigenvalue weighted by Crippen LogP contribution is 2.28. The lowest BCUT2D eigenvalue weighted by Gasteiger charge is -2.40. The largest absolute Gasteiger partial charge is 0.489 e. The first kappa shape index (κ1) is 16.3. The SMILES string of the molecule is N#Cc1cccc(COc2cccc(NCC3(CO)COC3)c2)c1. The lowest BCUT2D eigenvalue weighted by Crippen LogP contribution is -2.50. The van der Waals surface area contributed by atoms with Crippen LogP contribution in [0.4, 0.5) is 5.69 Å². The van der Waals surface area contributed by atoms with Gasteiger partial charge in [0, 0.05) is 18.3 Å². The van der Waals surface area contributed by atoms with Crippen LogP contribution in [-0.4, -0.2) is 31.5 Å². The average molecular weight is 324 g/mol. The van der Waals surface area contributed by atoms with Crippen molar-refractivity contribution in [2.45, 2.75) is 6.61 Å². The summed E-state index contributed by atoms with van der Waals surface area (Å²) in [7, 11) is 0. The first-order chi connectivity index (χ1) is 11.7. The number of nitriles is 1. The van der Waals surface area contributed by atoms with Gasteiger partial charge in [-0.15, -0.1) is 0 Å². The molecule has 2 N–H and O–H groups in total. The topological polar surface area (TPSA) is 74.5 Å². The third-order valence-electron chi connectivity index (χ3n) is 4.12. The lowest BCUT2D eigenvalue weighted by molar-refractivity contribution is -0.128. The number of nitrogens with one attached hydrogen (secondary N) is 1. The van der Waals surface area contributed by atoms with Crippen molar-refractivity contribution < 1.29 is 14.6 Å². The van der Waals surface area contributed by atoms with Gasteiger partial charge in [0.15, 0.2) is 0 Å². The molecule has 24 heavy (non-hydrogen) atoms. The summed E-state index contributed by atoms with van der Waals surface area (Å²) in [5.41, 5.74) is 2.36. The molecule has 5 nitrogen and oxygen atoms in total. The average Bonchev–Trinajstić information content (AvgIpc) is 2.60. The predicted molar refractivity (Wildman–Crippen MR) is 90.8 cm³/mol. The summed E-state index contributed by atoms with van der Waals surface area (Å²) in [5, 5.41) is 21.7. The quantitative estimate of drug-likeness (QED) is 0.819. The van der Waals surface area contributed by atoms with Crippen molar-refractivity contribution in [3.8, 4) is 11.8 Å². The fourth-order valence-corrected chi connectivity index (χ4v) is 2.52. The van der Waals surface area contributed by atoms with Crippen LogP contribution in [0.1, 0.15) is 11.1 Å². The van der Waals surface area contributed by atoms with E-state index < -0.39 is 0 Å². The van der Waals surface area contributed by atoms with Gasteiger partial charge in [-0.1, -0.05) is 18.2 Å². The molecular formula is C19H20N2O3. The number of ether oxygens (including phenoxy) is 2. The van der Waals surface area contributed by atoms with E-state index in [1.54, 1.807) is 6.07 Å². The maximum absolute atomic E-state index is 9.45. The van der Waals surface area contributed by atoms with E-state index in [1.165, 1.54) is 0 Å². The Bertz CT molecular complexity index is 730. The number of nitrogens with zero attached hydrogens (tertiary/aromatic N) is 1. The summed E-state index contributed by atoms with van der Waals surface area (Å²) >= 11 is 0. The van der Waals surface area contributed by atoms with Crippen LogP contribution in [0.3, 0.4) is 0 Å². The standard InChI is InChI=1S/C19H20N2O3/c20-9-15-3-1-4-16(7-15)10-24-18-6-2-5-17(8-18)21-11-19(12-22)13-23-14-19/h1-8,21-22H,10-14H2. The molecule has 0 aliphatic carbocycles. The second kappa shape index (κ2) is 7.35. The number of aliphatic hydroxyl groups excluding tert-OH is 1. The number of hydrogen-bond donors (Lipinski definition) is 2. The maximum Gasteiger partial charge on any atom is 0.121 e. The molecule has 0 aromatic heterocycles. The molecule has 0 saturated carbocycles. The Hall–Kier alpha value is -2.55. The molecule has 2 aromatic carbocycles. The van der Waals surface area contributed by atoms with Gasteiger partial charge in [-0.2, -0.15) is 5.26 Å². The summed E-state index contributed by atoms with van der Waals surface area (Å²) in [6.45, 7) is 2.36. The zero-order chi connectivity index (χ0) is 16.8. The van der Waals surface area contributed by atoms with Crippen molar-refractivity contribution in [3.05, 3.63) is 59.7 Å². The van der Waals surface area contributed by atoms with Crippen LogP contribution in [0.25, 0.3) is 0 Å². The Labute approximate surface area is 141 Å². The Morgan fingerprint density at radius 3 is 2.75 bits per heavy atom. The van der Waals surface area contributed by atoms with Gasteiger partial charge in [0.1, 0.15) is 12.4 Å². The molecule has 1 aliphatic rings. The highest BCUT2D eigenvalue weighted by molar-refractivity contribution is 5.48. The minimum atomic E-state index is -0.172. The molecule has 2 aromatic rings. The summed E-state index contributed by atoms with van der Waals surface area (Å²) in [4.78, 5) is 0. The number of anilines is 1. The summed E-state index contributed by atoms with van der Waals surface area (Å²) in [6.07, 6.45) is 0. The van der Waals surface area contributed by atoms with Crippen molar-refractivity contribution >= 4 is 5.69 Å². The second-order valence-electron chi connectivity index (χ2n) is 6.13. The van der Waals surface area contributed by atoms with E-state index in [4.69, 9.17) is 14.7 Å². The molecular weight excluding hydrogens is 304 g/mol. The molecule has 1 fully saturated rings. The Morgan fingerprint density at radius 2 is 2.04 bits per heavy atom. The Kier molecular flexibility index (Phi) is 4.99. The van der Waals surface area contributed by atoms with E-state index in [-0.39, 0.29) is 12.0 Å². The van der Waals surface area contributed by atoms with Gasteiger partial charge in [0.25, 0.3) is 0 Å². The van der Waals surface area contributed by atoms with E-state index in [1.807, 2.05) is 42.5 Å². The number of aliphatic hydroxyl groups is 1. The van der Waals surface area contributed by atoms with E-state index >= 15 is 0 Å². The van der Waals surface area contributed by atoms with Crippen LogP contribution >= 0.6 is 0 Å². The zero-order valence-corrected chi connectivity index (χ0v) is 13.4. The third kappa shape index (κ3) is 3.85. The van der Waals surface area contributed by atoms with Crippen LogP contribution in [0.15, 0.2) is 48.5 Å². The van der Waals surface area contributed by atoms with Gasteiger partial charge < -0.3 is 19.9 Å². The number of hydrogen-bond acceptors (Lipinski definition) is 5. The van der Waals surface area contributed by atoms with Gasteiger partial charge in [-0.3, -0.25) is 0 Å². The molecule has 5 heteroatoms. The van der Waals surface area contributed by atoms with Crippen LogP contribution in [0.2, 0.25) is 0 Å². The molecule has 1 heterocycles. The predicted octanol–water partition coefficient (Wildman–Crippen LogP) is 2.56. The van der Waals surface area contributed by atoms with Crippen molar-refractivity contribution in [3.63, 3.8) is 0 Å². The van der Waals surface area contributed by atoms with E-state index in [2.05, 4.69) is 11.4 Å². The minimum absolute atomic E-state index is 0.116. The molecule has 1 saturated heterocycles. The maximum atomic E-state index is 9.45. The van der Waals surface area contributed by atoms with Crippen molar-refractivity contribution in [2.75, 3.05) is 31.7 Å². The molecule has 0 unspecified atom stereocenters. The Balaban J connectivity index is 1.57. The van der Waals surface area contributed by atoms with E-state index in [0.717, 1.165) is 17.0 Å². The van der Waals surface area contributed by atoms with E-state index in [9.17, 15) is 5.11 Å². The Morgan fingerprint density at radius 1 is 1.21 bits per heavy atom. The molecule has 0 spiro atoms. The van der Waals surface area contributed by atoms with Crippen molar-refractivity contribution in [1.29, 1.82) is 5.26 Å². The van der Waals surface area contributed by atoms with Crippen LogP contribution < -0.4 is 10.1 Å². The van der Waals surface area contributed by atoms with Crippen LogP contribution in [-0.2, 0) is 11.3 Å². The highest BCUT2D eigenvalue weighted by atomic mass is 16.5. The molecule has 124 valence electrons. The number of rotatable bonds is 7. The highest BCUT2D eigenvalue weighted by Gasteiger charge is 2.37. The lowest BCUT2D eigenvalue weighted by atomic mass is 9.87. The summed E-state index contributed by atoms with van der Waals surface area (Å²) < 4.78 is 11.0. The zero-order valence-electron chi connectivity index (χ0n) is 13.4. The third-order valence-corrected chi connectivity index (χ3v) is 4.12. The van der Waals surface area contributed by atoms with Crippen LogP contribution in [0, 0.1) is 16.7 Å². The molecule has 1 aliphatic heterocycles. The first-order valence-corrected chi connectivity index (χ1v) is 7.87. The van der Waals surface area contributed by atoms with Gasteiger partial charge >= 0.3 is 0 Å². The van der Waals surface area contributed by atoms with Gasteiger partial charge in [-0.25, -0.2) is 0 Å². The van der Waals surface area contributed by atoms with Gasteiger partial charge in [0.05, 0.1) is 36.9 Å². The molecule has 0 bridgehead atoms. The number of benzene rings is 2. The molecule has 0 atom stereocenters. The van der Waals surface area contributed by atoms with Crippen LogP contribution in [0.5, 0.6) is 5.75 Å². The normalized spacial score (nSPS) is 15.2. The van der Waals surface area contributed by atoms with Gasteiger partial charge in [-0.05, 0) is 29.8 Å². The monoisotopic (exact) mass is 324 g/mol. The summed E-state index contributed by atoms with van der Waals surface area (Å²) in [5.74, 6) is 0.755. The molecule has 3 rings (SSSR count). The van der Waals surface area contributed by atoms with E-state index in [0.29, 0.717) is 31.9 Å². The minimum Gasteiger partial charge on any atom is -0.489 e. The second-order valence-corrected chi connectivity index (χ2v) is 6.13. The smallest absolute Gasteiger partial charge is 0.121 e. The van der Waals surface area contributed by atoms with Crippen molar-refractivity contribution in [1.82, 2.24) is 0 Å². The molecule has 0 amide bonds. The van der Waals surface area contributed by atoms with Gasteiger partial charge in [0.2, 0.25) is 0 Å². The fraction of sp³-hybridized carbons (Fsp3) is 0.316. The first-order valence-electron chi connectivity index (χ1n) is 7.87. The fourth-order valence-electron chi connectivity index (χ4n) is 2.52. The summed E-state index contributed by atoms with van der Waals surface area (Å²) in [6, 6.07) is 17.2. The van der Waals surface area contributed by atoms with Crippen molar-refractivity contribution in [2.24, 2.45) is 5.41 Å².